The van der Waals surface area contributed by atoms with Crippen molar-refractivity contribution in [3.8, 4) is 0 Å². The topological polar surface area (TPSA) is 26.0 Å². The molecule has 0 saturated heterocycles. The minimum absolute atomic E-state index is 0.0203. The summed E-state index contributed by atoms with van der Waals surface area (Å²) in [6.07, 6.45) is 4.97. The van der Waals surface area contributed by atoms with E-state index in [9.17, 15) is 0 Å². The molecule has 1 fully saturated rings. The first kappa shape index (κ1) is 10.7. The SMILES string of the molecule is CCCC1CC(N)(c2ccc(C)cc2)C1. The van der Waals surface area contributed by atoms with E-state index in [0.717, 1.165) is 5.92 Å². The van der Waals surface area contributed by atoms with Crippen LogP contribution in [0.15, 0.2) is 24.3 Å². The quantitative estimate of drug-likeness (QED) is 0.801. The average Bonchev–Trinajstić information content (AvgIpc) is 2.16. The van der Waals surface area contributed by atoms with Crippen molar-refractivity contribution in [1.29, 1.82) is 0 Å². The standard InChI is InChI=1S/C14H21N/c1-3-4-12-9-14(15,10-12)13-7-5-11(2)6-8-13/h5-8,12H,3-4,9-10,15H2,1-2H3. The van der Waals surface area contributed by atoms with Gasteiger partial charge in [-0.25, -0.2) is 0 Å². The van der Waals surface area contributed by atoms with E-state index >= 15 is 0 Å². The molecule has 0 bridgehead atoms. The molecule has 2 N–H and O–H groups in total. The van der Waals surface area contributed by atoms with E-state index in [0.29, 0.717) is 0 Å². The molecule has 0 aromatic heterocycles. The van der Waals surface area contributed by atoms with E-state index < -0.39 is 0 Å². The lowest BCUT2D eigenvalue weighted by molar-refractivity contribution is 0.138. The average molecular weight is 203 g/mol. The Kier molecular flexibility index (Phi) is 2.83. The van der Waals surface area contributed by atoms with Crippen LogP contribution in [0, 0.1) is 12.8 Å². The Hall–Kier alpha value is -0.820. The van der Waals surface area contributed by atoms with Crippen LogP contribution in [-0.2, 0) is 5.54 Å². The zero-order valence-corrected chi connectivity index (χ0v) is 9.79. The molecule has 1 aliphatic rings. The van der Waals surface area contributed by atoms with Crippen LogP contribution in [0.1, 0.15) is 43.7 Å². The first-order chi connectivity index (χ1) is 7.14. The summed E-state index contributed by atoms with van der Waals surface area (Å²) in [6, 6.07) is 8.71. The first-order valence-electron chi connectivity index (χ1n) is 6.00. The molecule has 0 atom stereocenters. The van der Waals surface area contributed by atoms with Gasteiger partial charge in [0.2, 0.25) is 0 Å². The Balaban J connectivity index is 2.03. The van der Waals surface area contributed by atoms with Crippen molar-refractivity contribution in [3.05, 3.63) is 35.4 Å². The second kappa shape index (κ2) is 3.97. The fraction of sp³-hybridized carbons (Fsp3) is 0.571. The third-order valence-electron chi connectivity index (χ3n) is 3.63. The normalized spacial score (nSPS) is 29.9. The van der Waals surface area contributed by atoms with Gasteiger partial charge in [0.15, 0.2) is 0 Å². The molecule has 15 heavy (non-hydrogen) atoms. The zero-order valence-electron chi connectivity index (χ0n) is 9.79. The molecule has 1 aromatic carbocycles. The Bertz CT molecular complexity index is 320. The van der Waals surface area contributed by atoms with E-state index in [1.165, 1.54) is 36.8 Å². The monoisotopic (exact) mass is 203 g/mol. The third kappa shape index (κ3) is 2.07. The van der Waals surface area contributed by atoms with E-state index in [1.54, 1.807) is 0 Å². The molecule has 1 aromatic rings. The predicted octanol–water partition coefficient (Wildman–Crippen LogP) is 3.36. The lowest BCUT2D eigenvalue weighted by Gasteiger charge is -2.45. The summed E-state index contributed by atoms with van der Waals surface area (Å²) in [6.45, 7) is 4.37. The highest BCUT2D eigenvalue weighted by Gasteiger charge is 2.41. The molecule has 2 rings (SSSR count). The summed E-state index contributed by atoms with van der Waals surface area (Å²) >= 11 is 0. The lowest BCUT2D eigenvalue weighted by Crippen LogP contribution is -2.48. The number of hydrogen-bond acceptors (Lipinski definition) is 1. The van der Waals surface area contributed by atoms with Crippen molar-refractivity contribution in [3.63, 3.8) is 0 Å². The highest BCUT2D eigenvalue weighted by Crippen LogP contribution is 2.45. The largest absolute Gasteiger partial charge is 0.321 e. The molecule has 0 amide bonds. The van der Waals surface area contributed by atoms with Crippen molar-refractivity contribution in [1.82, 2.24) is 0 Å². The summed E-state index contributed by atoms with van der Waals surface area (Å²) in [4.78, 5) is 0. The minimum atomic E-state index is -0.0203. The van der Waals surface area contributed by atoms with Gasteiger partial charge in [0.25, 0.3) is 0 Å². The summed E-state index contributed by atoms with van der Waals surface area (Å²) in [7, 11) is 0. The number of rotatable bonds is 3. The van der Waals surface area contributed by atoms with Crippen LogP contribution in [0.4, 0.5) is 0 Å². The Morgan fingerprint density at radius 2 is 1.87 bits per heavy atom. The molecular weight excluding hydrogens is 182 g/mol. The predicted molar refractivity (Wildman–Crippen MR) is 64.7 cm³/mol. The van der Waals surface area contributed by atoms with E-state index in [2.05, 4.69) is 38.1 Å². The molecule has 82 valence electrons. The fourth-order valence-corrected chi connectivity index (χ4v) is 2.70. The van der Waals surface area contributed by atoms with Gasteiger partial charge in [-0.3, -0.25) is 0 Å². The number of hydrogen-bond donors (Lipinski definition) is 1. The Morgan fingerprint density at radius 3 is 2.40 bits per heavy atom. The second-order valence-electron chi connectivity index (χ2n) is 5.09. The van der Waals surface area contributed by atoms with Gasteiger partial charge >= 0.3 is 0 Å². The van der Waals surface area contributed by atoms with Gasteiger partial charge < -0.3 is 5.73 Å². The van der Waals surface area contributed by atoms with E-state index in [1.807, 2.05) is 0 Å². The molecule has 0 unspecified atom stereocenters. The highest BCUT2D eigenvalue weighted by atomic mass is 14.8. The van der Waals surface area contributed by atoms with Crippen LogP contribution >= 0.6 is 0 Å². The Labute approximate surface area is 92.7 Å². The van der Waals surface area contributed by atoms with Crippen molar-refractivity contribution in [2.75, 3.05) is 0 Å². The minimum Gasteiger partial charge on any atom is -0.321 e. The van der Waals surface area contributed by atoms with Gasteiger partial charge in [-0.15, -0.1) is 0 Å². The summed E-state index contributed by atoms with van der Waals surface area (Å²) in [5, 5.41) is 0. The van der Waals surface area contributed by atoms with Crippen LogP contribution in [0.5, 0.6) is 0 Å². The molecule has 0 heterocycles. The maximum atomic E-state index is 6.39. The van der Waals surface area contributed by atoms with Crippen LogP contribution < -0.4 is 5.73 Å². The number of benzene rings is 1. The van der Waals surface area contributed by atoms with E-state index in [-0.39, 0.29) is 5.54 Å². The van der Waals surface area contributed by atoms with Crippen LogP contribution in [0.2, 0.25) is 0 Å². The van der Waals surface area contributed by atoms with Crippen molar-refractivity contribution in [2.45, 2.75) is 45.1 Å². The van der Waals surface area contributed by atoms with Crippen molar-refractivity contribution >= 4 is 0 Å². The van der Waals surface area contributed by atoms with Gasteiger partial charge in [-0.2, -0.15) is 0 Å². The fourth-order valence-electron chi connectivity index (χ4n) is 2.70. The molecule has 1 aliphatic carbocycles. The Morgan fingerprint density at radius 1 is 1.27 bits per heavy atom. The van der Waals surface area contributed by atoms with Crippen molar-refractivity contribution < 1.29 is 0 Å². The number of aryl methyl sites for hydroxylation is 1. The molecule has 0 radical (unpaired) electrons. The van der Waals surface area contributed by atoms with Gasteiger partial charge in [0.05, 0.1) is 0 Å². The van der Waals surface area contributed by atoms with Gasteiger partial charge in [-0.05, 0) is 31.2 Å². The molecule has 0 aliphatic heterocycles. The second-order valence-corrected chi connectivity index (χ2v) is 5.09. The van der Waals surface area contributed by atoms with Crippen LogP contribution in [-0.4, -0.2) is 0 Å². The number of nitrogens with two attached hydrogens (primary N) is 1. The summed E-state index contributed by atoms with van der Waals surface area (Å²) in [5.74, 6) is 0.862. The maximum absolute atomic E-state index is 6.39. The maximum Gasteiger partial charge on any atom is 0.0415 e. The molecule has 1 nitrogen and oxygen atoms in total. The zero-order chi connectivity index (χ0) is 10.9. The van der Waals surface area contributed by atoms with E-state index in [4.69, 9.17) is 5.73 Å². The molecule has 0 spiro atoms. The first-order valence-corrected chi connectivity index (χ1v) is 6.00. The highest BCUT2D eigenvalue weighted by molar-refractivity contribution is 5.30. The lowest BCUT2D eigenvalue weighted by atomic mass is 9.64. The van der Waals surface area contributed by atoms with Gasteiger partial charge in [0.1, 0.15) is 0 Å². The van der Waals surface area contributed by atoms with Crippen molar-refractivity contribution in [2.24, 2.45) is 11.7 Å². The molecular formula is C14H21N. The molecule has 1 heteroatoms. The van der Waals surface area contributed by atoms with Crippen LogP contribution in [0.25, 0.3) is 0 Å². The summed E-state index contributed by atoms with van der Waals surface area (Å²) < 4.78 is 0. The molecule has 1 saturated carbocycles. The van der Waals surface area contributed by atoms with Gasteiger partial charge in [0, 0.05) is 5.54 Å². The van der Waals surface area contributed by atoms with Gasteiger partial charge in [-0.1, -0.05) is 49.6 Å². The van der Waals surface area contributed by atoms with Crippen LogP contribution in [0.3, 0.4) is 0 Å². The third-order valence-corrected chi connectivity index (χ3v) is 3.63. The smallest absolute Gasteiger partial charge is 0.0415 e. The summed E-state index contributed by atoms with van der Waals surface area (Å²) in [5.41, 5.74) is 9.01.